The first-order valence-electron chi connectivity index (χ1n) is 6.74. The van der Waals surface area contributed by atoms with Crippen LogP contribution >= 0.6 is 0 Å². The molecule has 7 nitrogen and oxygen atoms in total. The highest BCUT2D eigenvalue weighted by Crippen LogP contribution is 2.11. The van der Waals surface area contributed by atoms with Crippen molar-refractivity contribution in [2.24, 2.45) is 14.1 Å². The number of likely N-dealkylation sites (tertiary alicyclic amines) is 1. The summed E-state index contributed by atoms with van der Waals surface area (Å²) in [6.45, 7) is 1.90. The van der Waals surface area contributed by atoms with E-state index in [0.717, 1.165) is 35.1 Å². The van der Waals surface area contributed by atoms with Crippen molar-refractivity contribution in [3.63, 3.8) is 0 Å². The van der Waals surface area contributed by atoms with Crippen LogP contribution in [0.3, 0.4) is 0 Å². The maximum atomic E-state index is 12.3. The summed E-state index contributed by atoms with van der Waals surface area (Å²) in [5.41, 5.74) is 4.54. The van der Waals surface area contributed by atoms with Crippen molar-refractivity contribution >= 4 is 11.6 Å². The van der Waals surface area contributed by atoms with Crippen LogP contribution in [-0.2, 0) is 14.1 Å². The number of hydrogen-bond acceptors (Lipinski definition) is 5. The lowest BCUT2D eigenvalue weighted by atomic mass is 10.1. The van der Waals surface area contributed by atoms with Crippen LogP contribution in [0.25, 0.3) is 0 Å². The van der Waals surface area contributed by atoms with Crippen LogP contribution < -0.4 is 17.0 Å². The zero-order chi connectivity index (χ0) is 14.9. The molecule has 0 amide bonds. The molecule has 110 valence electrons. The second-order valence-corrected chi connectivity index (χ2v) is 5.23. The number of anilines is 1. The molecule has 1 aliphatic rings. The third-order valence-corrected chi connectivity index (χ3v) is 3.80. The number of hydrogen-bond donors (Lipinski definition) is 1. The van der Waals surface area contributed by atoms with Gasteiger partial charge < -0.3 is 5.73 Å². The van der Waals surface area contributed by atoms with Gasteiger partial charge in [0.15, 0.2) is 5.78 Å². The standard InChI is InChI=1S/C13H20N4O3/c1-15-11(14)10(12(19)16(2)13(15)20)9(18)8-17-6-4-3-5-7-17/h3-8,14H2,1-2H3. The van der Waals surface area contributed by atoms with Gasteiger partial charge in [-0.2, -0.15) is 0 Å². The Kier molecular flexibility index (Phi) is 4.08. The van der Waals surface area contributed by atoms with E-state index in [1.807, 2.05) is 4.90 Å². The van der Waals surface area contributed by atoms with E-state index >= 15 is 0 Å². The summed E-state index contributed by atoms with van der Waals surface area (Å²) < 4.78 is 2.05. The molecule has 1 fully saturated rings. The van der Waals surface area contributed by atoms with E-state index in [4.69, 9.17) is 5.73 Å². The zero-order valence-electron chi connectivity index (χ0n) is 11.9. The van der Waals surface area contributed by atoms with Crippen LogP contribution in [0, 0.1) is 0 Å². The fourth-order valence-electron chi connectivity index (χ4n) is 2.52. The summed E-state index contributed by atoms with van der Waals surface area (Å²) in [5.74, 6) is -0.374. The van der Waals surface area contributed by atoms with Gasteiger partial charge in [0.2, 0.25) is 0 Å². The van der Waals surface area contributed by atoms with Crippen LogP contribution in [0.1, 0.15) is 29.6 Å². The topological polar surface area (TPSA) is 90.3 Å². The smallest absolute Gasteiger partial charge is 0.332 e. The molecule has 1 aromatic rings. The van der Waals surface area contributed by atoms with Gasteiger partial charge in [0, 0.05) is 14.1 Å². The van der Waals surface area contributed by atoms with Gasteiger partial charge in [-0.15, -0.1) is 0 Å². The molecule has 2 heterocycles. The maximum absolute atomic E-state index is 12.3. The molecular formula is C13H20N4O3. The minimum atomic E-state index is -0.618. The van der Waals surface area contributed by atoms with Crippen molar-refractivity contribution in [1.29, 1.82) is 0 Å². The lowest BCUT2D eigenvalue weighted by Crippen LogP contribution is -2.43. The van der Waals surface area contributed by atoms with Gasteiger partial charge in [-0.25, -0.2) is 4.79 Å². The second-order valence-electron chi connectivity index (χ2n) is 5.23. The molecule has 0 spiro atoms. The average Bonchev–Trinajstić information content (AvgIpc) is 2.44. The number of Topliss-reactive ketones (excluding diaryl/α,β-unsaturated/α-hetero) is 1. The van der Waals surface area contributed by atoms with Crippen molar-refractivity contribution in [2.45, 2.75) is 19.3 Å². The van der Waals surface area contributed by atoms with Crippen LogP contribution in [0.5, 0.6) is 0 Å². The number of carbonyl (C=O) groups is 1. The van der Waals surface area contributed by atoms with Crippen molar-refractivity contribution in [2.75, 3.05) is 25.4 Å². The Morgan fingerprint density at radius 1 is 1.10 bits per heavy atom. The van der Waals surface area contributed by atoms with Gasteiger partial charge in [0.05, 0.1) is 6.54 Å². The highest BCUT2D eigenvalue weighted by Gasteiger charge is 2.22. The lowest BCUT2D eigenvalue weighted by molar-refractivity contribution is 0.0913. The number of carbonyl (C=O) groups excluding carboxylic acids is 1. The molecular weight excluding hydrogens is 260 g/mol. The molecule has 1 saturated heterocycles. The van der Waals surface area contributed by atoms with E-state index in [-0.39, 0.29) is 23.7 Å². The SMILES string of the molecule is Cn1c(N)c(C(=O)CN2CCCCC2)c(=O)n(C)c1=O. The van der Waals surface area contributed by atoms with Crippen LogP contribution in [0.4, 0.5) is 5.82 Å². The lowest BCUT2D eigenvalue weighted by Gasteiger charge is -2.25. The highest BCUT2D eigenvalue weighted by atomic mass is 16.2. The van der Waals surface area contributed by atoms with E-state index in [9.17, 15) is 14.4 Å². The van der Waals surface area contributed by atoms with E-state index in [1.165, 1.54) is 20.5 Å². The first kappa shape index (κ1) is 14.5. The van der Waals surface area contributed by atoms with Crippen LogP contribution in [-0.4, -0.2) is 39.5 Å². The third kappa shape index (κ3) is 2.53. The van der Waals surface area contributed by atoms with E-state index in [1.54, 1.807) is 0 Å². The monoisotopic (exact) mass is 280 g/mol. The van der Waals surface area contributed by atoms with Gasteiger partial charge in [0.25, 0.3) is 5.56 Å². The number of nitrogens with two attached hydrogens (primary N) is 1. The fraction of sp³-hybridized carbons (Fsp3) is 0.615. The summed E-state index contributed by atoms with van der Waals surface area (Å²) in [7, 11) is 2.80. The Morgan fingerprint density at radius 3 is 2.30 bits per heavy atom. The Balaban J connectivity index is 2.35. The molecule has 0 saturated carbocycles. The Labute approximate surface area is 116 Å². The van der Waals surface area contributed by atoms with Gasteiger partial charge in [-0.3, -0.25) is 23.6 Å². The number of ketones is 1. The number of rotatable bonds is 3. The Hall–Kier alpha value is -1.89. The fourth-order valence-corrected chi connectivity index (χ4v) is 2.52. The molecule has 7 heteroatoms. The second kappa shape index (κ2) is 5.62. The summed E-state index contributed by atoms with van der Waals surface area (Å²) in [6, 6.07) is 0. The summed E-state index contributed by atoms with van der Waals surface area (Å²) in [4.78, 5) is 38.1. The molecule has 0 bridgehead atoms. The van der Waals surface area contributed by atoms with Gasteiger partial charge in [-0.05, 0) is 25.9 Å². The normalized spacial score (nSPS) is 16.3. The predicted molar refractivity (Wildman–Crippen MR) is 76.0 cm³/mol. The van der Waals surface area contributed by atoms with Crippen molar-refractivity contribution in [1.82, 2.24) is 14.0 Å². The van der Waals surface area contributed by atoms with Crippen LogP contribution in [0.15, 0.2) is 9.59 Å². The molecule has 1 aromatic heterocycles. The first-order valence-corrected chi connectivity index (χ1v) is 6.74. The number of aromatic nitrogens is 2. The maximum Gasteiger partial charge on any atom is 0.332 e. The minimum Gasteiger partial charge on any atom is -0.384 e. The van der Waals surface area contributed by atoms with Gasteiger partial charge in [-0.1, -0.05) is 6.42 Å². The van der Waals surface area contributed by atoms with Crippen LogP contribution in [0.2, 0.25) is 0 Å². The molecule has 20 heavy (non-hydrogen) atoms. The van der Waals surface area contributed by atoms with Crippen molar-refractivity contribution in [3.8, 4) is 0 Å². The average molecular weight is 280 g/mol. The minimum absolute atomic E-state index is 0.0555. The third-order valence-electron chi connectivity index (χ3n) is 3.80. The zero-order valence-corrected chi connectivity index (χ0v) is 11.9. The van der Waals surface area contributed by atoms with E-state index in [2.05, 4.69) is 0 Å². The van der Waals surface area contributed by atoms with E-state index in [0.29, 0.717) is 0 Å². The first-order chi connectivity index (χ1) is 9.43. The molecule has 0 aromatic carbocycles. The number of nitrogen functional groups attached to an aromatic ring is 1. The van der Waals surface area contributed by atoms with Gasteiger partial charge >= 0.3 is 5.69 Å². The number of piperidine rings is 1. The predicted octanol–water partition coefficient (Wildman–Crippen LogP) is -0.665. The molecule has 0 unspecified atom stereocenters. The number of nitrogens with zero attached hydrogens (tertiary/aromatic N) is 3. The van der Waals surface area contributed by atoms with Crippen molar-refractivity contribution < 1.29 is 4.79 Å². The molecule has 2 N–H and O–H groups in total. The molecule has 1 aliphatic heterocycles. The Morgan fingerprint density at radius 2 is 1.70 bits per heavy atom. The molecule has 2 rings (SSSR count). The van der Waals surface area contributed by atoms with E-state index < -0.39 is 11.2 Å². The van der Waals surface area contributed by atoms with Crippen molar-refractivity contribution in [3.05, 3.63) is 26.4 Å². The quantitative estimate of drug-likeness (QED) is 0.742. The van der Waals surface area contributed by atoms with Gasteiger partial charge in [0.1, 0.15) is 11.4 Å². The molecule has 0 atom stereocenters. The summed E-state index contributed by atoms with van der Waals surface area (Å²) >= 11 is 0. The largest absolute Gasteiger partial charge is 0.384 e. The summed E-state index contributed by atoms with van der Waals surface area (Å²) in [5, 5.41) is 0. The Bertz CT molecular complexity index is 638. The summed E-state index contributed by atoms with van der Waals surface area (Å²) in [6.07, 6.45) is 3.30. The highest BCUT2D eigenvalue weighted by molar-refractivity contribution is 6.01. The molecule has 0 aliphatic carbocycles. The molecule has 0 radical (unpaired) electrons.